The number of nitrogens with one attached hydrogen (secondary N) is 2. The lowest BCUT2D eigenvalue weighted by molar-refractivity contribution is 0.102. The van der Waals surface area contributed by atoms with Crippen LogP contribution in [0.4, 0.5) is 17.1 Å². The van der Waals surface area contributed by atoms with E-state index in [1.54, 1.807) is 18.2 Å². The molecule has 1 saturated carbocycles. The van der Waals surface area contributed by atoms with Crippen LogP contribution in [0.3, 0.4) is 0 Å². The fourth-order valence-corrected chi connectivity index (χ4v) is 6.57. The number of anilines is 3. The molecular formula is C27H34N6O4S. The Balaban J connectivity index is 1.32. The molecular weight excluding hydrogens is 504 g/mol. The minimum Gasteiger partial charge on any atom is -0.395 e. The Bertz CT molecular complexity index is 1490. The van der Waals surface area contributed by atoms with Gasteiger partial charge in [0.25, 0.3) is 5.91 Å². The molecule has 38 heavy (non-hydrogen) atoms. The summed E-state index contributed by atoms with van der Waals surface area (Å²) in [5.74, 6) is 0.343. The normalized spacial score (nSPS) is 18.9. The van der Waals surface area contributed by atoms with Gasteiger partial charge in [-0.1, -0.05) is 6.07 Å². The number of fused-ring (bicyclic) bond motifs is 3. The van der Waals surface area contributed by atoms with Crippen molar-refractivity contribution in [3.05, 3.63) is 47.8 Å². The number of aliphatic hydroxyl groups is 1. The molecule has 3 heterocycles. The molecule has 2 aromatic carbocycles. The molecule has 3 aromatic rings. The largest absolute Gasteiger partial charge is 0.395 e. The number of hydrogen-bond donors (Lipinski definition) is 3. The number of amides is 1. The molecule has 3 N–H and O–H groups in total. The second-order valence-electron chi connectivity index (χ2n) is 10.9. The van der Waals surface area contributed by atoms with Gasteiger partial charge in [-0.15, -0.1) is 0 Å². The van der Waals surface area contributed by atoms with Crippen molar-refractivity contribution < 1.29 is 18.3 Å². The SMILES string of the molecule is CN1CCn2c(nc3c(NC(=O)c4ccc(NS(=O)(=O)CCO)cc4N4CCC5(CC4)CC5)cccc32)C1. The summed E-state index contributed by atoms with van der Waals surface area (Å²) in [6.07, 6.45) is 4.68. The Labute approximate surface area is 222 Å². The van der Waals surface area contributed by atoms with E-state index in [0.29, 0.717) is 28.0 Å². The first kappa shape index (κ1) is 25.1. The van der Waals surface area contributed by atoms with Gasteiger partial charge >= 0.3 is 0 Å². The standard InChI is InChI=1S/C27H34N6O4S/c1-31-13-14-33-22-4-2-3-21(25(22)29-24(33)18-31)28-26(35)20-6-5-19(30-38(36,37)16-15-34)17-23(20)32-11-9-27(7-8-27)10-12-32/h2-6,17,30,34H,7-16,18H2,1H3,(H,28,35). The molecule has 2 fully saturated rings. The molecule has 1 aliphatic carbocycles. The van der Waals surface area contributed by atoms with Gasteiger partial charge in [0.15, 0.2) is 0 Å². The molecule has 0 atom stereocenters. The smallest absolute Gasteiger partial charge is 0.257 e. The quantitative estimate of drug-likeness (QED) is 0.423. The highest BCUT2D eigenvalue weighted by Gasteiger charge is 2.44. The highest BCUT2D eigenvalue weighted by atomic mass is 32.2. The minimum absolute atomic E-state index is 0.257. The van der Waals surface area contributed by atoms with Crippen LogP contribution < -0.4 is 14.9 Å². The number of aliphatic hydroxyl groups excluding tert-OH is 1. The average molecular weight is 539 g/mol. The van der Waals surface area contributed by atoms with Crippen molar-refractivity contribution in [3.63, 3.8) is 0 Å². The monoisotopic (exact) mass is 538 g/mol. The molecule has 202 valence electrons. The number of carbonyl (C=O) groups is 1. The number of carbonyl (C=O) groups excluding carboxylic acids is 1. The maximum absolute atomic E-state index is 13.7. The van der Waals surface area contributed by atoms with Crippen LogP contribution >= 0.6 is 0 Å². The van der Waals surface area contributed by atoms with Gasteiger partial charge in [0, 0.05) is 26.2 Å². The number of aromatic nitrogens is 2. The number of imidazole rings is 1. The van der Waals surface area contributed by atoms with Crippen molar-refractivity contribution >= 4 is 44.0 Å². The summed E-state index contributed by atoms with van der Waals surface area (Å²) in [5.41, 5.74) is 4.47. The maximum Gasteiger partial charge on any atom is 0.257 e. The number of benzene rings is 2. The number of nitrogens with zero attached hydrogens (tertiary/aromatic N) is 4. The van der Waals surface area contributed by atoms with Crippen molar-refractivity contribution in [2.75, 3.05) is 54.0 Å². The highest BCUT2D eigenvalue weighted by molar-refractivity contribution is 7.92. The number of para-hydroxylation sites is 1. The number of piperidine rings is 1. The predicted molar refractivity (Wildman–Crippen MR) is 148 cm³/mol. The van der Waals surface area contributed by atoms with Crippen LogP contribution in [0.25, 0.3) is 11.0 Å². The summed E-state index contributed by atoms with van der Waals surface area (Å²) in [4.78, 5) is 23.0. The Morgan fingerprint density at radius 1 is 1.08 bits per heavy atom. The molecule has 10 nitrogen and oxygen atoms in total. The Morgan fingerprint density at radius 2 is 1.87 bits per heavy atom. The number of hydrogen-bond acceptors (Lipinski definition) is 7. The van der Waals surface area contributed by atoms with E-state index in [0.717, 1.165) is 62.4 Å². The first-order valence-electron chi connectivity index (χ1n) is 13.2. The summed E-state index contributed by atoms with van der Waals surface area (Å²) in [7, 11) is -1.61. The van der Waals surface area contributed by atoms with Gasteiger partial charge in [-0.3, -0.25) is 14.4 Å². The fourth-order valence-electron chi connectivity index (χ4n) is 5.75. The Kier molecular flexibility index (Phi) is 6.32. The first-order valence-corrected chi connectivity index (χ1v) is 14.9. The zero-order chi connectivity index (χ0) is 26.5. The summed E-state index contributed by atoms with van der Waals surface area (Å²) < 4.78 is 29.3. The Morgan fingerprint density at radius 3 is 2.61 bits per heavy atom. The number of sulfonamides is 1. The molecule has 1 aromatic heterocycles. The lowest BCUT2D eigenvalue weighted by Gasteiger charge is -2.35. The van der Waals surface area contributed by atoms with E-state index in [4.69, 9.17) is 10.1 Å². The van der Waals surface area contributed by atoms with E-state index in [9.17, 15) is 13.2 Å². The van der Waals surface area contributed by atoms with Crippen LogP contribution in [-0.4, -0.2) is 72.9 Å². The lowest BCUT2D eigenvalue weighted by atomic mass is 9.93. The van der Waals surface area contributed by atoms with E-state index in [1.165, 1.54) is 12.8 Å². The van der Waals surface area contributed by atoms with Gasteiger partial charge in [0.1, 0.15) is 11.3 Å². The lowest BCUT2D eigenvalue weighted by Crippen LogP contribution is -2.35. The second kappa shape index (κ2) is 9.55. The maximum atomic E-state index is 13.7. The van der Waals surface area contributed by atoms with Crippen LogP contribution in [-0.2, 0) is 23.1 Å². The summed E-state index contributed by atoms with van der Waals surface area (Å²) in [6, 6.07) is 10.9. The van der Waals surface area contributed by atoms with Gasteiger partial charge in [-0.05, 0) is 68.5 Å². The first-order chi connectivity index (χ1) is 18.3. The Hall–Kier alpha value is -3.15. The van der Waals surface area contributed by atoms with Gasteiger partial charge in [-0.2, -0.15) is 0 Å². The molecule has 1 spiro atoms. The summed E-state index contributed by atoms with van der Waals surface area (Å²) >= 11 is 0. The van der Waals surface area contributed by atoms with Crippen molar-refractivity contribution in [2.24, 2.45) is 5.41 Å². The molecule has 0 unspecified atom stereocenters. The van der Waals surface area contributed by atoms with Crippen molar-refractivity contribution in [1.29, 1.82) is 0 Å². The van der Waals surface area contributed by atoms with Crippen LogP contribution in [0.15, 0.2) is 36.4 Å². The van der Waals surface area contributed by atoms with Gasteiger partial charge in [-0.25, -0.2) is 13.4 Å². The molecule has 1 amide bonds. The third kappa shape index (κ3) is 4.85. The van der Waals surface area contributed by atoms with Gasteiger partial charge < -0.3 is 19.9 Å². The summed E-state index contributed by atoms with van der Waals surface area (Å²) in [6.45, 7) is 3.75. The number of likely N-dealkylation sites (N-methyl/N-ethyl adjacent to an activating group) is 1. The van der Waals surface area contributed by atoms with Crippen LogP contribution in [0.2, 0.25) is 0 Å². The topological polar surface area (TPSA) is 120 Å². The molecule has 11 heteroatoms. The van der Waals surface area contributed by atoms with E-state index in [1.807, 2.05) is 18.2 Å². The zero-order valence-corrected chi connectivity index (χ0v) is 22.4. The molecule has 0 radical (unpaired) electrons. The van der Waals surface area contributed by atoms with Gasteiger partial charge in [0.2, 0.25) is 10.0 Å². The molecule has 2 aliphatic heterocycles. The molecule has 6 rings (SSSR count). The highest BCUT2D eigenvalue weighted by Crippen LogP contribution is 2.54. The van der Waals surface area contributed by atoms with E-state index < -0.39 is 16.6 Å². The van der Waals surface area contributed by atoms with Gasteiger partial charge in [0.05, 0.1) is 47.0 Å². The summed E-state index contributed by atoms with van der Waals surface area (Å²) in [5, 5.41) is 12.2. The predicted octanol–water partition coefficient (Wildman–Crippen LogP) is 2.85. The minimum atomic E-state index is -3.69. The third-order valence-corrected chi connectivity index (χ3v) is 9.49. The molecule has 0 bridgehead atoms. The molecule has 3 aliphatic rings. The number of rotatable bonds is 7. The fraction of sp³-hybridized carbons (Fsp3) is 0.481. The van der Waals surface area contributed by atoms with E-state index in [-0.39, 0.29) is 11.7 Å². The zero-order valence-electron chi connectivity index (χ0n) is 21.6. The van der Waals surface area contributed by atoms with E-state index >= 15 is 0 Å². The second-order valence-corrected chi connectivity index (χ2v) is 12.8. The van der Waals surface area contributed by atoms with Crippen molar-refractivity contribution in [2.45, 2.75) is 38.8 Å². The van der Waals surface area contributed by atoms with Crippen LogP contribution in [0.1, 0.15) is 41.9 Å². The molecule has 1 saturated heterocycles. The average Bonchev–Trinajstić information content (AvgIpc) is 3.53. The van der Waals surface area contributed by atoms with Crippen molar-refractivity contribution in [3.8, 4) is 0 Å². The van der Waals surface area contributed by atoms with E-state index in [2.05, 4.69) is 31.5 Å². The van der Waals surface area contributed by atoms with Crippen LogP contribution in [0, 0.1) is 5.41 Å². The van der Waals surface area contributed by atoms with Crippen molar-refractivity contribution in [1.82, 2.24) is 14.5 Å². The van der Waals surface area contributed by atoms with Crippen LogP contribution in [0.5, 0.6) is 0 Å². The third-order valence-electron chi connectivity index (χ3n) is 8.22.